The monoisotopic (exact) mass is 638 g/mol. The summed E-state index contributed by atoms with van der Waals surface area (Å²) in [5, 5.41) is 42.4. The minimum Gasteiger partial charge on any atom is -0.455 e. The van der Waals surface area contributed by atoms with Crippen molar-refractivity contribution in [1.29, 1.82) is 0 Å². The fraction of sp³-hybridized carbons (Fsp3) is 0.919. The van der Waals surface area contributed by atoms with Crippen LogP contribution in [0.3, 0.4) is 0 Å². The Bertz CT molecular complexity index is 833. The van der Waals surface area contributed by atoms with E-state index >= 15 is 0 Å². The number of carbonyl (C=O) groups excluding carboxylic acids is 1. The van der Waals surface area contributed by atoms with E-state index < -0.39 is 24.4 Å². The van der Waals surface area contributed by atoms with E-state index in [2.05, 4.69) is 6.92 Å². The Labute approximate surface area is 273 Å². The van der Waals surface area contributed by atoms with E-state index in [1.54, 1.807) is 6.08 Å². The molecule has 0 aromatic rings. The van der Waals surface area contributed by atoms with Crippen molar-refractivity contribution < 1.29 is 39.4 Å². The summed E-state index contributed by atoms with van der Waals surface area (Å²) in [6.45, 7) is 4.07. The number of esters is 1. The zero-order valence-corrected chi connectivity index (χ0v) is 28.5. The van der Waals surface area contributed by atoms with E-state index in [0.717, 1.165) is 70.6 Å². The van der Waals surface area contributed by atoms with Gasteiger partial charge >= 0.3 is 5.97 Å². The zero-order valence-electron chi connectivity index (χ0n) is 28.5. The van der Waals surface area contributed by atoms with Crippen LogP contribution in [0.5, 0.6) is 0 Å². The molecule has 0 saturated carbocycles. The molecule has 0 spiro atoms. The quantitative estimate of drug-likeness (QED) is 0.0634. The minimum absolute atomic E-state index is 0.148. The fourth-order valence-electron chi connectivity index (χ4n) is 7.29. The second-order valence-corrected chi connectivity index (χ2v) is 14.2. The lowest BCUT2D eigenvalue weighted by molar-refractivity contribution is -0.139. The Kier molecular flexibility index (Phi) is 18.6. The summed E-state index contributed by atoms with van der Waals surface area (Å²) in [6.07, 6.45) is 21.5. The van der Waals surface area contributed by atoms with Gasteiger partial charge in [-0.05, 0) is 70.8 Å². The standard InChI is InChI=1S/C37H66O8/c1-3-4-5-6-7-8-9-10-11-15-18-31(39)35-23-24-36(45-35)33(41)21-20-32(40)34-22-19-30(44-34)17-14-12-13-16-29(38)26-28-25-27(2)43-37(28)42/h25,27,29-36,38-41H,3-24,26H2,1-2H3/t27?,29?,30-,31-,32+,33-,34+,35-,36-/m1/s1. The molecular formula is C37H66O8. The number of aliphatic hydroxyl groups excluding tert-OH is 4. The summed E-state index contributed by atoms with van der Waals surface area (Å²) < 4.78 is 17.3. The molecular weight excluding hydrogens is 572 g/mol. The fourth-order valence-corrected chi connectivity index (χ4v) is 7.29. The van der Waals surface area contributed by atoms with Gasteiger partial charge in [0.05, 0.1) is 48.8 Å². The number of unbranched alkanes of at least 4 members (excludes halogenated alkanes) is 11. The second kappa shape index (κ2) is 21.8. The zero-order chi connectivity index (χ0) is 32.4. The third-order valence-electron chi connectivity index (χ3n) is 10.1. The molecule has 45 heavy (non-hydrogen) atoms. The normalized spacial score (nSPS) is 27.8. The van der Waals surface area contributed by atoms with E-state index in [0.29, 0.717) is 31.3 Å². The molecule has 3 aliphatic heterocycles. The van der Waals surface area contributed by atoms with Crippen LogP contribution >= 0.6 is 0 Å². The van der Waals surface area contributed by atoms with E-state index in [-0.39, 0.29) is 36.5 Å². The highest BCUT2D eigenvalue weighted by Gasteiger charge is 2.36. The maximum atomic E-state index is 11.7. The van der Waals surface area contributed by atoms with Crippen molar-refractivity contribution in [3.63, 3.8) is 0 Å². The van der Waals surface area contributed by atoms with Crippen LogP contribution in [0, 0.1) is 0 Å². The molecule has 2 unspecified atom stereocenters. The number of aliphatic hydroxyl groups is 4. The third-order valence-corrected chi connectivity index (χ3v) is 10.1. The number of ether oxygens (including phenoxy) is 3. The van der Waals surface area contributed by atoms with Gasteiger partial charge in [0.2, 0.25) is 0 Å². The van der Waals surface area contributed by atoms with E-state index in [1.165, 1.54) is 51.4 Å². The van der Waals surface area contributed by atoms with Gasteiger partial charge in [-0.2, -0.15) is 0 Å². The molecule has 2 fully saturated rings. The summed E-state index contributed by atoms with van der Waals surface area (Å²) in [6, 6.07) is 0. The molecule has 3 aliphatic rings. The molecule has 0 radical (unpaired) electrons. The average Bonchev–Trinajstić information content (AvgIpc) is 3.77. The predicted molar refractivity (Wildman–Crippen MR) is 177 cm³/mol. The first-order chi connectivity index (χ1) is 21.8. The van der Waals surface area contributed by atoms with Crippen molar-refractivity contribution >= 4 is 5.97 Å². The lowest BCUT2D eigenvalue weighted by Crippen LogP contribution is -2.33. The highest BCUT2D eigenvalue weighted by molar-refractivity contribution is 5.90. The Balaban J connectivity index is 1.17. The summed E-state index contributed by atoms with van der Waals surface area (Å²) in [4.78, 5) is 11.7. The maximum Gasteiger partial charge on any atom is 0.334 e. The van der Waals surface area contributed by atoms with Gasteiger partial charge in [-0.1, -0.05) is 90.4 Å². The van der Waals surface area contributed by atoms with Gasteiger partial charge in [0, 0.05) is 12.0 Å². The molecule has 8 heteroatoms. The Morgan fingerprint density at radius 3 is 1.78 bits per heavy atom. The van der Waals surface area contributed by atoms with Crippen LogP contribution in [-0.2, 0) is 19.0 Å². The van der Waals surface area contributed by atoms with Gasteiger partial charge in [-0.15, -0.1) is 0 Å². The van der Waals surface area contributed by atoms with Crippen molar-refractivity contribution in [3.8, 4) is 0 Å². The van der Waals surface area contributed by atoms with Gasteiger partial charge in [0.1, 0.15) is 6.10 Å². The lowest BCUT2D eigenvalue weighted by Gasteiger charge is -2.24. The smallest absolute Gasteiger partial charge is 0.334 e. The van der Waals surface area contributed by atoms with Gasteiger partial charge in [0.25, 0.3) is 0 Å². The predicted octanol–water partition coefficient (Wildman–Crippen LogP) is 6.83. The third kappa shape index (κ3) is 14.7. The van der Waals surface area contributed by atoms with Crippen LogP contribution in [0.25, 0.3) is 0 Å². The number of hydrogen-bond donors (Lipinski definition) is 4. The molecule has 0 aromatic heterocycles. The molecule has 0 amide bonds. The van der Waals surface area contributed by atoms with Crippen LogP contribution in [-0.4, -0.2) is 81.3 Å². The molecule has 0 aromatic carbocycles. The molecule has 8 nitrogen and oxygen atoms in total. The van der Waals surface area contributed by atoms with E-state index in [9.17, 15) is 25.2 Å². The highest BCUT2D eigenvalue weighted by atomic mass is 16.5. The summed E-state index contributed by atoms with van der Waals surface area (Å²) >= 11 is 0. The highest BCUT2D eigenvalue weighted by Crippen LogP contribution is 2.31. The Morgan fingerprint density at radius 1 is 0.667 bits per heavy atom. The van der Waals surface area contributed by atoms with Crippen molar-refractivity contribution in [1.82, 2.24) is 0 Å². The molecule has 262 valence electrons. The van der Waals surface area contributed by atoms with E-state index in [4.69, 9.17) is 14.2 Å². The van der Waals surface area contributed by atoms with Crippen molar-refractivity contribution in [2.45, 2.75) is 216 Å². The molecule has 4 N–H and O–H groups in total. The lowest BCUT2D eigenvalue weighted by atomic mass is 9.98. The van der Waals surface area contributed by atoms with Crippen molar-refractivity contribution in [3.05, 3.63) is 11.6 Å². The second-order valence-electron chi connectivity index (χ2n) is 14.2. The molecule has 3 rings (SSSR count). The molecule has 0 bridgehead atoms. The first-order valence-electron chi connectivity index (χ1n) is 18.7. The largest absolute Gasteiger partial charge is 0.455 e. The Morgan fingerprint density at radius 2 is 1.18 bits per heavy atom. The summed E-state index contributed by atoms with van der Waals surface area (Å²) in [7, 11) is 0. The molecule has 0 aliphatic carbocycles. The summed E-state index contributed by atoms with van der Waals surface area (Å²) in [5.41, 5.74) is 0.583. The van der Waals surface area contributed by atoms with Crippen LogP contribution in [0.4, 0.5) is 0 Å². The van der Waals surface area contributed by atoms with Gasteiger partial charge in [-0.25, -0.2) is 4.79 Å². The van der Waals surface area contributed by atoms with E-state index in [1.807, 2.05) is 6.92 Å². The maximum absolute atomic E-state index is 11.7. The van der Waals surface area contributed by atoms with Gasteiger partial charge < -0.3 is 34.6 Å². The van der Waals surface area contributed by atoms with Gasteiger partial charge in [-0.3, -0.25) is 0 Å². The van der Waals surface area contributed by atoms with Crippen LogP contribution in [0.1, 0.15) is 162 Å². The average molecular weight is 639 g/mol. The molecule has 9 atom stereocenters. The number of rotatable bonds is 25. The SMILES string of the molecule is CCCCCCCCCCCC[C@@H](O)[C@H]1CC[C@H]([C@H](O)CC[C@H](O)[C@@H]2CC[C@@H](CCCCCC(O)CC3=CC(C)OC3=O)O2)O1. The topological polar surface area (TPSA) is 126 Å². The van der Waals surface area contributed by atoms with Gasteiger partial charge in [0.15, 0.2) is 0 Å². The first kappa shape index (κ1) is 38.4. The number of cyclic esters (lactones) is 1. The van der Waals surface area contributed by atoms with Crippen molar-refractivity contribution in [2.24, 2.45) is 0 Å². The van der Waals surface area contributed by atoms with Crippen LogP contribution in [0.15, 0.2) is 11.6 Å². The molecule has 3 heterocycles. The number of hydrogen-bond acceptors (Lipinski definition) is 8. The summed E-state index contributed by atoms with van der Waals surface area (Å²) in [5.74, 6) is -0.309. The minimum atomic E-state index is -0.638. The molecule has 2 saturated heterocycles. The van der Waals surface area contributed by atoms with Crippen molar-refractivity contribution in [2.75, 3.05) is 0 Å². The Hall–Kier alpha value is -1.03. The van der Waals surface area contributed by atoms with Crippen LogP contribution in [0.2, 0.25) is 0 Å². The first-order valence-corrected chi connectivity index (χ1v) is 18.7. The van der Waals surface area contributed by atoms with Crippen LogP contribution < -0.4 is 0 Å². The number of carbonyl (C=O) groups is 1.